The summed E-state index contributed by atoms with van der Waals surface area (Å²) in [6, 6.07) is 0.395. The minimum atomic E-state index is -0.922. The first-order valence-corrected chi connectivity index (χ1v) is 8.95. The summed E-state index contributed by atoms with van der Waals surface area (Å²) in [5, 5.41) is 12.4. The zero-order valence-electron chi connectivity index (χ0n) is 15.0. The van der Waals surface area contributed by atoms with E-state index in [1.807, 2.05) is 12.2 Å². The Labute approximate surface area is 149 Å². The molecule has 1 heterocycles. The zero-order valence-corrected chi connectivity index (χ0v) is 15.0. The highest BCUT2D eigenvalue weighted by molar-refractivity contribution is 6.06. The lowest BCUT2D eigenvalue weighted by Crippen LogP contribution is -2.39. The molecule has 0 fully saturated rings. The van der Waals surface area contributed by atoms with Crippen LogP contribution in [0.4, 0.5) is 0 Å². The molecule has 0 bridgehead atoms. The largest absolute Gasteiger partial charge is 0.377 e. The summed E-state index contributed by atoms with van der Waals surface area (Å²) < 4.78 is 5.39. The summed E-state index contributed by atoms with van der Waals surface area (Å²) in [4.78, 5) is 9.22. The van der Waals surface area contributed by atoms with Gasteiger partial charge in [-0.2, -0.15) is 0 Å². The second kappa shape index (κ2) is 9.82. The monoisotopic (exact) mass is 349 g/mol. The van der Waals surface area contributed by atoms with Crippen LogP contribution in [0.1, 0.15) is 26.2 Å². The number of rotatable bonds is 8. The summed E-state index contributed by atoms with van der Waals surface area (Å²) in [6.07, 6.45) is 7.87. The van der Waals surface area contributed by atoms with Crippen LogP contribution < -0.4 is 16.8 Å². The smallest absolute Gasteiger partial charge is 0.218 e. The maximum atomic E-state index is 9.03. The Morgan fingerprint density at radius 2 is 2.24 bits per heavy atom. The lowest BCUT2D eigenvalue weighted by molar-refractivity contribution is 0.0243. The molecule has 1 aliphatic heterocycles. The number of aliphatic imine (C=N–C) groups is 2. The van der Waals surface area contributed by atoms with E-state index in [0.29, 0.717) is 25.0 Å². The van der Waals surface area contributed by atoms with Crippen LogP contribution in [0.2, 0.25) is 0 Å². The molecular weight excluding hydrogens is 318 g/mol. The van der Waals surface area contributed by atoms with Crippen molar-refractivity contribution in [1.29, 1.82) is 0 Å². The summed E-state index contributed by atoms with van der Waals surface area (Å²) in [7, 11) is 0. The number of aliphatic hydroxyl groups is 1. The number of ether oxygens (including phenoxy) is 1. The van der Waals surface area contributed by atoms with Crippen molar-refractivity contribution in [3.63, 3.8) is 0 Å². The molecule has 2 aliphatic rings. The van der Waals surface area contributed by atoms with E-state index in [1.54, 1.807) is 0 Å². The molecule has 2 rings (SSSR count). The first-order valence-electron chi connectivity index (χ1n) is 8.95. The Morgan fingerprint density at radius 3 is 2.88 bits per heavy atom. The van der Waals surface area contributed by atoms with Crippen molar-refractivity contribution in [2.75, 3.05) is 19.8 Å². The minimum absolute atomic E-state index is 0.155. The van der Waals surface area contributed by atoms with Gasteiger partial charge in [0.15, 0.2) is 0 Å². The third kappa shape index (κ3) is 6.70. The molecule has 0 aromatic carbocycles. The summed E-state index contributed by atoms with van der Waals surface area (Å²) in [5.41, 5.74) is 12.1. The summed E-state index contributed by atoms with van der Waals surface area (Å²) in [5.74, 6) is 1.23. The highest BCUT2D eigenvalue weighted by Gasteiger charge is 2.23. The number of hydrogen-bond acceptors (Lipinski definition) is 7. The lowest BCUT2D eigenvalue weighted by atomic mass is 9.91. The fourth-order valence-electron chi connectivity index (χ4n) is 3.10. The van der Waals surface area contributed by atoms with Gasteiger partial charge in [-0.05, 0) is 31.3 Å². The summed E-state index contributed by atoms with van der Waals surface area (Å²) in [6.45, 7) is 7.40. The average Bonchev–Trinajstić information content (AvgIpc) is 2.58. The van der Waals surface area contributed by atoms with Gasteiger partial charge < -0.3 is 26.6 Å². The molecule has 7 heteroatoms. The predicted molar refractivity (Wildman–Crippen MR) is 101 cm³/mol. The van der Waals surface area contributed by atoms with E-state index in [2.05, 4.69) is 34.9 Å². The molecule has 0 aromatic heterocycles. The van der Waals surface area contributed by atoms with Crippen molar-refractivity contribution in [3.05, 3.63) is 24.8 Å². The van der Waals surface area contributed by atoms with Crippen LogP contribution >= 0.6 is 0 Å². The Balaban J connectivity index is 1.84. The van der Waals surface area contributed by atoms with Gasteiger partial charge >= 0.3 is 0 Å². The van der Waals surface area contributed by atoms with Gasteiger partial charge in [-0.25, -0.2) is 4.99 Å². The topological polar surface area (TPSA) is 118 Å². The number of nitrogens with two attached hydrogens (primary N) is 2. The van der Waals surface area contributed by atoms with Gasteiger partial charge in [0.25, 0.3) is 0 Å². The molecule has 0 radical (unpaired) electrons. The van der Waals surface area contributed by atoms with E-state index in [9.17, 15) is 0 Å². The van der Waals surface area contributed by atoms with Crippen LogP contribution in [0, 0.1) is 11.8 Å². The standard InChI is InChI=1S/C18H31N5O2/c1-3-16-13(8-12(2)10-25-11-17(20)24)9-21-18(23-16)22-15-6-4-14(19)5-7-15/h3-4,6,12-15,17,24H,1,5,7-11,19-20H2,2H3,(H,21,22)/t12-,13?,14-,15?,17?/m1/s1. The third-order valence-electron chi connectivity index (χ3n) is 4.42. The van der Waals surface area contributed by atoms with Gasteiger partial charge in [-0.1, -0.05) is 25.7 Å². The second-order valence-electron chi connectivity index (χ2n) is 6.92. The number of hydrogen-bond donors (Lipinski definition) is 4. The number of nitrogens with one attached hydrogen (secondary N) is 1. The van der Waals surface area contributed by atoms with Crippen LogP contribution in [-0.2, 0) is 4.74 Å². The molecule has 7 nitrogen and oxygen atoms in total. The molecule has 0 amide bonds. The van der Waals surface area contributed by atoms with Crippen molar-refractivity contribution in [3.8, 4) is 0 Å². The van der Waals surface area contributed by atoms with Crippen LogP contribution in [0.3, 0.4) is 0 Å². The van der Waals surface area contributed by atoms with Crippen molar-refractivity contribution in [1.82, 2.24) is 5.32 Å². The van der Waals surface area contributed by atoms with E-state index >= 15 is 0 Å². The van der Waals surface area contributed by atoms with E-state index < -0.39 is 6.23 Å². The fourth-order valence-corrected chi connectivity index (χ4v) is 3.10. The van der Waals surface area contributed by atoms with Gasteiger partial charge in [0.1, 0.15) is 6.23 Å². The molecule has 6 N–H and O–H groups in total. The normalized spacial score (nSPS) is 28.7. The van der Waals surface area contributed by atoms with Gasteiger partial charge in [-0.3, -0.25) is 4.99 Å². The van der Waals surface area contributed by atoms with Crippen LogP contribution in [0.25, 0.3) is 0 Å². The molecule has 0 spiro atoms. The molecule has 3 unspecified atom stereocenters. The highest BCUT2D eigenvalue weighted by atomic mass is 16.5. The number of nitrogens with zero attached hydrogens (tertiary/aromatic N) is 2. The quantitative estimate of drug-likeness (QED) is 0.377. The van der Waals surface area contributed by atoms with Crippen molar-refractivity contribution in [2.45, 2.75) is 44.5 Å². The molecule has 140 valence electrons. The van der Waals surface area contributed by atoms with Crippen molar-refractivity contribution in [2.24, 2.45) is 33.3 Å². The summed E-state index contributed by atoms with van der Waals surface area (Å²) >= 11 is 0. The second-order valence-corrected chi connectivity index (χ2v) is 6.92. The minimum Gasteiger partial charge on any atom is -0.377 e. The lowest BCUT2D eigenvalue weighted by Gasteiger charge is -2.26. The fraction of sp³-hybridized carbons (Fsp3) is 0.667. The van der Waals surface area contributed by atoms with Crippen LogP contribution in [-0.4, -0.2) is 54.8 Å². The van der Waals surface area contributed by atoms with Crippen molar-refractivity contribution >= 4 is 11.7 Å². The van der Waals surface area contributed by atoms with Gasteiger partial charge in [0.2, 0.25) is 5.96 Å². The molecule has 5 atom stereocenters. The maximum absolute atomic E-state index is 9.03. The molecule has 25 heavy (non-hydrogen) atoms. The molecular formula is C18H31N5O2. The molecule has 0 aromatic rings. The zero-order chi connectivity index (χ0) is 18.2. The van der Waals surface area contributed by atoms with Crippen LogP contribution in [0.15, 0.2) is 34.8 Å². The molecule has 1 aliphatic carbocycles. The van der Waals surface area contributed by atoms with E-state index in [-0.39, 0.29) is 24.6 Å². The Morgan fingerprint density at radius 1 is 1.44 bits per heavy atom. The maximum Gasteiger partial charge on any atom is 0.218 e. The Bertz CT molecular complexity index is 530. The predicted octanol–water partition coefficient (Wildman–Crippen LogP) is 0.555. The number of guanidine groups is 1. The van der Waals surface area contributed by atoms with E-state index in [1.165, 1.54) is 0 Å². The van der Waals surface area contributed by atoms with Gasteiger partial charge in [0.05, 0.1) is 13.2 Å². The average molecular weight is 349 g/mol. The first-order chi connectivity index (χ1) is 12.0. The van der Waals surface area contributed by atoms with E-state index in [0.717, 1.165) is 25.0 Å². The third-order valence-corrected chi connectivity index (χ3v) is 4.42. The van der Waals surface area contributed by atoms with E-state index in [4.69, 9.17) is 21.3 Å². The van der Waals surface area contributed by atoms with Crippen LogP contribution in [0.5, 0.6) is 0 Å². The van der Waals surface area contributed by atoms with Gasteiger partial charge in [0, 0.05) is 30.3 Å². The number of allylic oxidation sites excluding steroid dienone is 1. The first kappa shape index (κ1) is 19.8. The molecule has 0 saturated carbocycles. The Hall–Kier alpha value is -1.54. The SMILES string of the molecule is C=CC1=NC(NC2C=C[C@@H](N)CC2)=NCC1C[C@@H](C)COCC(N)O. The van der Waals surface area contributed by atoms with Gasteiger partial charge in [-0.15, -0.1) is 0 Å². The number of aliphatic hydroxyl groups excluding tert-OH is 1. The van der Waals surface area contributed by atoms with Crippen molar-refractivity contribution < 1.29 is 9.84 Å². The molecule has 0 saturated heterocycles. The highest BCUT2D eigenvalue weighted by Crippen LogP contribution is 2.19. The Kier molecular flexibility index (Phi) is 7.77.